The topological polar surface area (TPSA) is 350 Å². The minimum atomic E-state index is -3.72. The molecule has 0 spiro atoms. The Morgan fingerprint density at radius 1 is 0.481 bits per heavy atom. The predicted octanol–water partition coefficient (Wildman–Crippen LogP) is 10.8. The fourth-order valence-electron chi connectivity index (χ4n) is 25.3. The van der Waals surface area contributed by atoms with Crippen molar-refractivity contribution in [1.29, 1.82) is 0 Å². The molecule has 12 aliphatic rings. The Morgan fingerprint density at radius 2 is 0.861 bits per heavy atom. The lowest BCUT2D eigenvalue weighted by Crippen LogP contribution is -2.63. The molecule has 0 radical (unpaired) electrons. The summed E-state index contributed by atoms with van der Waals surface area (Å²) >= 11 is 3.39. The summed E-state index contributed by atoms with van der Waals surface area (Å²) in [5.74, 6) is -3.23. The smallest absolute Gasteiger partial charge is 0.375 e. The van der Waals surface area contributed by atoms with E-state index >= 15 is 0 Å². The molecule has 21 nitrogen and oxygen atoms in total. The van der Waals surface area contributed by atoms with Crippen LogP contribution in [0.1, 0.15) is 199 Å². The van der Waals surface area contributed by atoms with E-state index in [4.69, 9.17) is 18.6 Å². The summed E-state index contributed by atoms with van der Waals surface area (Å²) in [4.78, 5) is 116. The van der Waals surface area contributed by atoms with Crippen LogP contribution in [0.4, 0.5) is 0 Å². The van der Waals surface area contributed by atoms with Gasteiger partial charge >= 0.3 is 17.9 Å². The van der Waals surface area contributed by atoms with E-state index in [9.17, 15) is 82.2 Å². The maximum Gasteiger partial charge on any atom is 0.375 e. The number of aliphatic hydroxyl groups is 6. The van der Waals surface area contributed by atoms with Crippen molar-refractivity contribution in [3.63, 3.8) is 0 Å². The van der Waals surface area contributed by atoms with Crippen LogP contribution in [0.25, 0.3) is 0 Å². The fourth-order valence-corrected chi connectivity index (χ4v) is 26.8. The number of benzene rings is 2. The highest BCUT2D eigenvalue weighted by molar-refractivity contribution is 9.10. The average Bonchev–Trinajstić information content (AvgIpc) is 1.46. The third-order valence-corrected chi connectivity index (χ3v) is 32.6. The summed E-state index contributed by atoms with van der Waals surface area (Å²) < 4.78 is 49.5. The Balaban J connectivity index is 0.000000143. The van der Waals surface area contributed by atoms with Crippen LogP contribution in [0.5, 0.6) is 0 Å². The van der Waals surface area contributed by atoms with Crippen molar-refractivity contribution in [3.8, 4) is 0 Å². The number of ether oxygens (including phenoxy) is 3. The average molecular weight is 1570 g/mol. The summed E-state index contributed by atoms with van der Waals surface area (Å²) in [5.41, 5.74) is -3.69. The SMILES string of the molecule is C[C@]12CCC(=O)C=C1CC[C@@H]1[C@@H]2[C@@H](O)C[C@@]2(C)[C@H]1CC[C@]2(OC(=O)CCS(=O)(=O)c1ccccc1)C(=O)CO.C[C@]12CCC(=O)C=C1CC[C@@H]1[C@@H]2[C@@H](O)C[C@@]2(C)[C@H]1CC[C@]2(OC(=O)Cc1ccc(Br)cc1)C(=O)CO.C[C@]12CCC(=O)C=C1CC[C@@H]1[C@@H]2[C@@H](O)C[C@@]2(C)[C@H]1CC[C@]2(OC(=O)c1ccco1)C(=O)CO. The van der Waals surface area contributed by atoms with Crippen molar-refractivity contribution in [1.82, 2.24) is 0 Å². The molecule has 0 saturated heterocycles. The van der Waals surface area contributed by atoms with Crippen molar-refractivity contribution < 1.29 is 101 Å². The molecule has 3 aromatic rings. The highest BCUT2D eigenvalue weighted by atomic mass is 79.9. The molecule has 9 fully saturated rings. The largest absolute Gasteiger partial charge is 0.457 e. The maximum atomic E-state index is 13.4. The lowest BCUT2D eigenvalue weighted by atomic mass is 9.45. The van der Waals surface area contributed by atoms with Crippen LogP contribution in [-0.2, 0) is 68.8 Å². The zero-order valence-electron chi connectivity index (χ0n) is 62.8. The quantitative estimate of drug-likeness (QED) is 0.0573. The van der Waals surface area contributed by atoms with E-state index in [1.807, 2.05) is 45.0 Å². The van der Waals surface area contributed by atoms with Gasteiger partial charge in [-0.1, -0.05) is 105 Å². The second kappa shape index (κ2) is 29.6. The number of rotatable bonds is 16. The Kier molecular flexibility index (Phi) is 21.8. The van der Waals surface area contributed by atoms with Crippen molar-refractivity contribution in [2.45, 2.75) is 229 Å². The van der Waals surface area contributed by atoms with E-state index in [-0.39, 0.29) is 117 Å². The number of allylic oxidation sites excluding steroid dienone is 3. The molecule has 12 aliphatic carbocycles. The Hall–Kier alpha value is -6.44. The van der Waals surface area contributed by atoms with Crippen molar-refractivity contribution in [3.05, 3.63) is 124 Å². The maximum absolute atomic E-state index is 13.4. The molecule has 21 atom stereocenters. The second-order valence-electron chi connectivity index (χ2n) is 35.1. The summed E-state index contributed by atoms with van der Waals surface area (Å²) in [6.45, 7) is 10.0. The minimum absolute atomic E-state index is 0.00201. The van der Waals surface area contributed by atoms with Gasteiger partial charge < -0.3 is 49.3 Å². The number of ketones is 6. The monoisotopic (exact) mass is 1570 g/mol. The van der Waals surface area contributed by atoms with E-state index in [0.717, 1.165) is 78.1 Å². The number of sulfone groups is 1. The van der Waals surface area contributed by atoms with Gasteiger partial charge in [0.05, 0.1) is 48.1 Å². The minimum Gasteiger partial charge on any atom is -0.457 e. The lowest BCUT2D eigenvalue weighted by molar-refractivity contribution is -0.202. The summed E-state index contributed by atoms with van der Waals surface area (Å²) in [6.07, 6.45) is 16.3. The third kappa shape index (κ3) is 13.0. The molecular formula is C85H105BrO21S. The van der Waals surface area contributed by atoms with Crippen molar-refractivity contribution >= 4 is 78.4 Å². The first-order valence-corrected chi connectivity index (χ1v) is 41.4. The normalized spacial score (nSPS) is 39.6. The van der Waals surface area contributed by atoms with Crippen LogP contribution in [0.3, 0.4) is 0 Å². The number of esters is 3. The van der Waals surface area contributed by atoms with Gasteiger partial charge in [0.15, 0.2) is 44.0 Å². The van der Waals surface area contributed by atoms with Crippen LogP contribution >= 0.6 is 15.9 Å². The summed E-state index contributed by atoms with van der Waals surface area (Å²) in [5, 5.41) is 64.6. The molecule has 6 N–H and O–H groups in total. The highest BCUT2D eigenvalue weighted by Crippen LogP contribution is 2.72. The molecule has 584 valence electrons. The number of carbonyl (C=O) groups excluding carboxylic acids is 9. The Morgan fingerprint density at radius 3 is 1.23 bits per heavy atom. The number of carbonyl (C=O) groups is 9. The van der Waals surface area contributed by atoms with Gasteiger partial charge in [-0.2, -0.15) is 0 Å². The first-order chi connectivity index (χ1) is 51.1. The van der Waals surface area contributed by atoms with Gasteiger partial charge in [-0.05, 0) is 245 Å². The molecule has 1 aromatic heterocycles. The van der Waals surface area contributed by atoms with Gasteiger partial charge in [-0.15, -0.1) is 0 Å². The lowest BCUT2D eigenvalue weighted by Gasteiger charge is -2.60. The zero-order chi connectivity index (χ0) is 77.7. The standard InChI is InChI=1S/C30H38O8S.C29H35BrO6.C26H32O7/c1-28-13-10-20(32)16-19(28)8-9-22-23-11-14-30(25(34)18-31,29(23,2)17-24(33)27(22)28)38-26(35)12-15-39(36,37)21-6-4-3-5-7-21;1-27-11-9-20(32)14-18(27)5-8-21-22-10-12-29(24(34)16-31,28(22,2)15-23(33)26(21)27)36-25(35)13-17-3-6-19(30)7-4-17;1-24-9-7-16(28)12-15(24)5-6-17-18-8-10-26(21(30)14-27,25(18,2)13-19(29)22(17)24)33-23(31)20-4-3-11-32-20/h3-7,16,22-24,27,31,33H,8-15,17-18H2,1-2H3;3-4,6-7,14,21-23,26,31,33H,5,8-13,15-16H2,1-2H3;3-4,11-12,17-19,22,27,29H,5-10,13-14H2,1-2H3/t22-,23-,24-,27+,28-,29-,30-;21-,22-,23-,26+,27-,28-,29-;17-,18-,19-,22+,24-,25-,26-/m000/s1. The number of aliphatic hydroxyl groups excluding tert-OH is 6. The van der Waals surface area contributed by atoms with E-state index in [1.54, 1.807) is 42.5 Å². The number of furan rings is 1. The van der Waals surface area contributed by atoms with Gasteiger partial charge in [0.1, 0.15) is 19.8 Å². The van der Waals surface area contributed by atoms with Crippen molar-refractivity contribution in [2.24, 2.45) is 85.8 Å². The van der Waals surface area contributed by atoms with Crippen LogP contribution in [0.2, 0.25) is 0 Å². The van der Waals surface area contributed by atoms with Gasteiger partial charge in [0.25, 0.3) is 0 Å². The highest BCUT2D eigenvalue weighted by Gasteiger charge is 2.74. The van der Waals surface area contributed by atoms with Crippen LogP contribution in [0.15, 0.2) is 122 Å². The van der Waals surface area contributed by atoms with Crippen LogP contribution < -0.4 is 0 Å². The molecule has 0 aliphatic heterocycles. The van der Waals surface area contributed by atoms with Crippen LogP contribution in [0, 0.1) is 85.8 Å². The van der Waals surface area contributed by atoms with E-state index < -0.39 is 128 Å². The molecule has 0 bridgehead atoms. The van der Waals surface area contributed by atoms with Gasteiger partial charge in [0, 0.05) is 40.0 Å². The number of Topliss-reactive ketones (excluding diaryl/α,β-unsaturated/α-hetero) is 3. The molecule has 23 heteroatoms. The van der Waals surface area contributed by atoms with Gasteiger partial charge in [0.2, 0.25) is 23.1 Å². The molecule has 9 saturated carbocycles. The molecule has 2 aromatic carbocycles. The predicted molar refractivity (Wildman–Crippen MR) is 396 cm³/mol. The number of fused-ring (bicyclic) bond motifs is 15. The molecule has 1 heterocycles. The molecule has 108 heavy (non-hydrogen) atoms. The number of halogens is 1. The number of hydrogen-bond acceptors (Lipinski definition) is 21. The third-order valence-electron chi connectivity index (χ3n) is 30.3. The van der Waals surface area contributed by atoms with E-state index in [1.165, 1.54) is 24.5 Å². The number of hydrogen-bond donors (Lipinski definition) is 6. The fraction of sp³-hybridized carbons (Fsp3) is 0.635. The molecule has 15 rings (SSSR count). The summed E-state index contributed by atoms with van der Waals surface area (Å²) in [6, 6.07) is 18.3. The van der Waals surface area contributed by atoms with Gasteiger partial charge in [-0.25, -0.2) is 13.2 Å². The first kappa shape index (κ1) is 79.6. The Labute approximate surface area is 639 Å². The first-order valence-electron chi connectivity index (χ1n) is 39.0. The molecule has 0 unspecified atom stereocenters. The van der Waals surface area contributed by atoms with Gasteiger partial charge in [-0.3, -0.25) is 38.4 Å². The van der Waals surface area contributed by atoms with Crippen LogP contribution in [-0.4, -0.2) is 152 Å². The molecule has 0 amide bonds. The summed E-state index contributed by atoms with van der Waals surface area (Å²) in [7, 11) is -3.72. The second-order valence-corrected chi connectivity index (χ2v) is 38.1. The van der Waals surface area contributed by atoms with E-state index in [0.29, 0.717) is 70.6 Å². The van der Waals surface area contributed by atoms with E-state index in [2.05, 4.69) is 36.7 Å². The Bertz CT molecular complexity index is 4280. The zero-order valence-corrected chi connectivity index (χ0v) is 65.2. The molecular weight excluding hydrogens is 1470 g/mol. The van der Waals surface area contributed by atoms with Crippen molar-refractivity contribution in [2.75, 3.05) is 25.6 Å².